The molecular formula is C23H25FN2O3. The van der Waals surface area contributed by atoms with Crippen molar-refractivity contribution in [2.45, 2.75) is 19.4 Å². The summed E-state index contributed by atoms with van der Waals surface area (Å²) in [4.78, 5) is 9.46. The van der Waals surface area contributed by atoms with Gasteiger partial charge in [0.25, 0.3) is 0 Å². The fourth-order valence-corrected chi connectivity index (χ4v) is 3.35. The largest absolute Gasteiger partial charge is 0.396 e. The molecule has 0 saturated carbocycles. The number of aromatic nitrogens is 1. The smallest absolute Gasteiger partial charge is 0.123 e. The molecule has 0 amide bonds. The van der Waals surface area contributed by atoms with Gasteiger partial charge in [0.15, 0.2) is 0 Å². The SMILES string of the molecule is COCC(C=NOCCC1=C(C)/C(=C/c2ccncc2)c2ccc(F)cc21)OC. The molecule has 0 saturated heterocycles. The number of oxime groups is 1. The molecule has 1 aromatic heterocycles. The first-order valence-corrected chi connectivity index (χ1v) is 9.43. The van der Waals surface area contributed by atoms with Gasteiger partial charge in [-0.3, -0.25) is 4.98 Å². The Balaban J connectivity index is 1.77. The summed E-state index contributed by atoms with van der Waals surface area (Å²) in [7, 11) is 3.19. The van der Waals surface area contributed by atoms with E-state index >= 15 is 0 Å². The zero-order valence-corrected chi connectivity index (χ0v) is 16.9. The van der Waals surface area contributed by atoms with Crippen LogP contribution >= 0.6 is 0 Å². The molecule has 1 heterocycles. The van der Waals surface area contributed by atoms with Crippen LogP contribution in [0.1, 0.15) is 30.0 Å². The van der Waals surface area contributed by atoms with Gasteiger partial charge in [-0.05, 0) is 70.7 Å². The molecule has 5 nitrogen and oxygen atoms in total. The van der Waals surface area contributed by atoms with Gasteiger partial charge in [0.2, 0.25) is 0 Å². The molecule has 0 fully saturated rings. The van der Waals surface area contributed by atoms with Crippen molar-refractivity contribution in [3.8, 4) is 0 Å². The zero-order valence-electron chi connectivity index (χ0n) is 16.9. The first-order valence-electron chi connectivity index (χ1n) is 9.43. The second-order valence-corrected chi connectivity index (χ2v) is 6.70. The number of methoxy groups -OCH3 is 2. The minimum Gasteiger partial charge on any atom is -0.396 e. The van der Waals surface area contributed by atoms with Crippen LogP contribution in [0, 0.1) is 5.82 Å². The highest BCUT2D eigenvalue weighted by molar-refractivity contribution is 6.05. The Morgan fingerprint density at radius 1 is 1.14 bits per heavy atom. The second kappa shape index (κ2) is 10.1. The van der Waals surface area contributed by atoms with Crippen molar-refractivity contribution in [2.75, 3.05) is 27.4 Å². The Bertz CT molecular complexity index is 923. The van der Waals surface area contributed by atoms with E-state index in [1.165, 1.54) is 6.07 Å². The van der Waals surface area contributed by atoms with Gasteiger partial charge < -0.3 is 14.3 Å². The Hall–Kier alpha value is -2.83. The number of allylic oxidation sites excluding steroid dienone is 2. The number of hydrogen-bond donors (Lipinski definition) is 0. The van der Waals surface area contributed by atoms with E-state index in [-0.39, 0.29) is 11.9 Å². The van der Waals surface area contributed by atoms with Crippen molar-refractivity contribution in [2.24, 2.45) is 5.16 Å². The van der Waals surface area contributed by atoms with Gasteiger partial charge in [-0.1, -0.05) is 11.2 Å². The lowest BCUT2D eigenvalue weighted by Crippen LogP contribution is -2.18. The summed E-state index contributed by atoms with van der Waals surface area (Å²) in [5, 5.41) is 3.96. The second-order valence-electron chi connectivity index (χ2n) is 6.70. The van der Waals surface area contributed by atoms with Crippen LogP contribution in [0.2, 0.25) is 0 Å². The van der Waals surface area contributed by atoms with E-state index in [4.69, 9.17) is 14.3 Å². The number of pyridine rings is 1. The van der Waals surface area contributed by atoms with Gasteiger partial charge in [0.1, 0.15) is 18.5 Å². The lowest BCUT2D eigenvalue weighted by atomic mass is 10.0. The molecule has 1 unspecified atom stereocenters. The molecule has 6 heteroatoms. The summed E-state index contributed by atoms with van der Waals surface area (Å²) in [6.45, 7) is 2.84. The number of fused-ring (bicyclic) bond motifs is 1. The Morgan fingerprint density at radius 3 is 2.66 bits per heavy atom. The van der Waals surface area contributed by atoms with Gasteiger partial charge >= 0.3 is 0 Å². The number of halogens is 1. The molecule has 3 rings (SSSR count). The van der Waals surface area contributed by atoms with Gasteiger partial charge in [-0.25, -0.2) is 4.39 Å². The number of rotatable bonds is 9. The third kappa shape index (κ3) is 5.16. The molecule has 1 aliphatic rings. The van der Waals surface area contributed by atoms with Crippen LogP contribution in [-0.2, 0) is 14.3 Å². The molecule has 1 aromatic carbocycles. The lowest BCUT2D eigenvalue weighted by Gasteiger charge is -2.08. The van der Waals surface area contributed by atoms with Gasteiger partial charge in [-0.2, -0.15) is 0 Å². The summed E-state index contributed by atoms with van der Waals surface area (Å²) >= 11 is 0. The average Bonchev–Trinajstić information content (AvgIpc) is 2.98. The quantitative estimate of drug-likeness (QED) is 0.353. The average molecular weight is 396 g/mol. The fourth-order valence-electron chi connectivity index (χ4n) is 3.35. The van der Waals surface area contributed by atoms with E-state index in [0.29, 0.717) is 19.6 Å². The van der Waals surface area contributed by atoms with Crippen LogP contribution in [0.3, 0.4) is 0 Å². The predicted molar refractivity (Wildman–Crippen MR) is 113 cm³/mol. The number of nitrogens with zero attached hydrogens (tertiary/aromatic N) is 2. The monoisotopic (exact) mass is 396 g/mol. The highest BCUT2D eigenvalue weighted by Gasteiger charge is 2.24. The van der Waals surface area contributed by atoms with Crippen LogP contribution in [0.25, 0.3) is 17.2 Å². The highest BCUT2D eigenvalue weighted by Crippen LogP contribution is 2.43. The molecule has 0 radical (unpaired) electrons. The predicted octanol–water partition coefficient (Wildman–Crippen LogP) is 4.60. The van der Waals surface area contributed by atoms with E-state index in [1.54, 1.807) is 38.9 Å². The molecule has 1 aliphatic carbocycles. The topological polar surface area (TPSA) is 52.9 Å². The van der Waals surface area contributed by atoms with Crippen molar-refractivity contribution in [1.82, 2.24) is 4.98 Å². The molecule has 0 N–H and O–H groups in total. The number of ether oxygens (including phenoxy) is 2. The molecule has 1 atom stereocenters. The maximum atomic E-state index is 13.9. The van der Waals surface area contributed by atoms with Gasteiger partial charge in [0.05, 0.1) is 12.8 Å². The molecule has 0 aliphatic heterocycles. The first kappa shape index (κ1) is 20.9. The van der Waals surface area contributed by atoms with E-state index in [0.717, 1.165) is 33.4 Å². The summed E-state index contributed by atoms with van der Waals surface area (Å²) in [5.41, 5.74) is 6.25. The van der Waals surface area contributed by atoms with Crippen molar-refractivity contribution < 1.29 is 18.7 Å². The Labute approximate surface area is 170 Å². The molecule has 0 spiro atoms. The van der Waals surface area contributed by atoms with Crippen LogP contribution < -0.4 is 0 Å². The summed E-state index contributed by atoms with van der Waals surface area (Å²) in [6.07, 6.45) is 7.56. The summed E-state index contributed by atoms with van der Waals surface area (Å²) in [6, 6.07) is 8.82. The molecule has 2 aromatic rings. The molecule has 152 valence electrons. The maximum Gasteiger partial charge on any atom is 0.123 e. The van der Waals surface area contributed by atoms with Crippen LogP contribution in [-0.4, -0.2) is 44.7 Å². The lowest BCUT2D eigenvalue weighted by molar-refractivity contribution is 0.0666. The third-order valence-corrected chi connectivity index (χ3v) is 4.85. The molecule has 0 bridgehead atoms. The maximum absolute atomic E-state index is 13.9. The van der Waals surface area contributed by atoms with Crippen LogP contribution in [0.15, 0.2) is 53.5 Å². The molecule has 29 heavy (non-hydrogen) atoms. The standard InChI is InChI=1S/C23H25FN2O3/c1-16-20(8-11-29-26-14-19(28-3)15-27-2)23-13-18(24)4-5-21(23)22(16)12-17-6-9-25-10-7-17/h4-7,9-10,12-14,19H,8,11,15H2,1-3H3/b22-12-,26-14?. The van der Waals surface area contributed by atoms with Crippen molar-refractivity contribution in [3.63, 3.8) is 0 Å². The molecular weight excluding hydrogens is 371 g/mol. The van der Waals surface area contributed by atoms with Crippen molar-refractivity contribution in [3.05, 3.63) is 70.8 Å². The Kier molecular flexibility index (Phi) is 7.27. The number of benzene rings is 1. The van der Waals surface area contributed by atoms with E-state index in [9.17, 15) is 4.39 Å². The van der Waals surface area contributed by atoms with Crippen LogP contribution in [0.5, 0.6) is 0 Å². The summed E-state index contributed by atoms with van der Waals surface area (Å²) in [5.74, 6) is -0.249. The normalized spacial score (nSPS) is 15.9. The van der Waals surface area contributed by atoms with Crippen LogP contribution in [0.4, 0.5) is 4.39 Å². The van der Waals surface area contributed by atoms with Crippen molar-refractivity contribution in [1.29, 1.82) is 0 Å². The number of hydrogen-bond acceptors (Lipinski definition) is 5. The van der Waals surface area contributed by atoms with E-state index < -0.39 is 0 Å². The van der Waals surface area contributed by atoms with Gasteiger partial charge in [-0.15, -0.1) is 0 Å². The van der Waals surface area contributed by atoms with Gasteiger partial charge in [0, 0.05) is 33.0 Å². The minimum absolute atomic E-state index is 0.249. The summed E-state index contributed by atoms with van der Waals surface area (Å²) < 4.78 is 24.2. The first-order chi connectivity index (χ1) is 14.1. The van der Waals surface area contributed by atoms with E-state index in [1.807, 2.05) is 18.2 Å². The van der Waals surface area contributed by atoms with E-state index in [2.05, 4.69) is 23.1 Å². The minimum atomic E-state index is -0.253. The third-order valence-electron chi connectivity index (χ3n) is 4.85. The Morgan fingerprint density at radius 2 is 1.93 bits per heavy atom. The highest BCUT2D eigenvalue weighted by atomic mass is 19.1. The fraction of sp³-hybridized carbons (Fsp3) is 0.304. The zero-order chi connectivity index (χ0) is 20.6. The van der Waals surface area contributed by atoms with Crippen molar-refractivity contribution >= 4 is 23.4 Å².